The van der Waals surface area contributed by atoms with Crippen molar-refractivity contribution in [1.82, 2.24) is 9.88 Å². The maximum atomic E-state index is 12.3. The first-order chi connectivity index (χ1) is 14.9. The monoisotopic (exact) mass is 440 g/mol. The number of nitrogens with zero attached hydrogens (tertiary/aromatic N) is 1. The number of H-pyrrole nitrogens is 1. The summed E-state index contributed by atoms with van der Waals surface area (Å²) in [6.45, 7) is 3.80. The van der Waals surface area contributed by atoms with Gasteiger partial charge in [-0.1, -0.05) is 24.3 Å². The number of hydrogen-bond acceptors (Lipinski definition) is 5. The third kappa shape index (κ3) is 4.62. The van der Waals surface area contributed by atoms with E-state index in [1.165, 1.54) is 17.4 Å². The van der Waals surface area contributed by atoms with Gasteiger partial charge in [0.25, 0.3) is 0 Å². The molecule has 0 fully saturated rings. The standard InChI is InChI=1S/C24H28N2O4S/c1-4-30-24-13-17(10-11-23(24)29-2)22(16-31(3,27)28)26-14-18-7-5-8-19(20(18)15-26)21-9-6-12-25-21/h5-13,22,25H,4,14-16H2,1-3H3. The van der Waals surface area contributed by atoms with Crippen molar-refractivity contribution >= 4 is 9.84 Å². The van der Waals surface area contributed by atoms with E-state index in [-0.39, 0.29) is 11.8 Å². The Morgan fingerprint density at radius 3 is 2.61 bits per heavy atom. The molecule has 164 valence electrons. The minimum Gasteiger partial charge on any atom is -0.493 e. The van der Waals surface area contributed by atoms with Crippen LogP contribution in [-0.2, 0) is 22.9 Å². The molecule has 0 radical (unpaired) electrons. The molecule has 0 aliphatic carbocycles. The molecule has 1 aliphatic rings. The Balaban J connectivity index is 1.71. The molecular formula is C24H28N2O4S. The Labute approximate surface area is 183 Å². The van der Waals surface area contributed by atoms with Crippen molar-refractivity contribution in [3.05, 3.63) is 71.4 Å². The van der Waals surface area contributed by atoms with Gasteiger partial charge in [0, 0.05) is 42.8 Å². The summed E-state index contributed by atoms with van der Waals surface area (Å²) in [6, 6.07) is 15.8. The number of aromatic nitrogens is 1. The van der Waals surface area contributed by atoms with Gasteiger partial charge >= 0.3 is 0 Å². The fraction of sp³-hybridized carbons (Fsp3) is 0.333. The molecule has 2 heterocycles. The van der Waals surface area contributed by atoms with E-state index < -0.39 is 9.84 Å². The zero-order valence-corrected chi connectivity index (χ0v) is 18.9. The van der Waals surface area contributed by atoms with Crippen molar-refractivity contribution in [2.75, 3.05) is 25.7 Å². The molecule has 0 saturated carbocycles. The molecule has 0 saturated heterocycles. The molecule has 6 nitrogen and oxygen atoms in total. The SMILES string of the molecule is CCOc1cc(C(CS(C)(=O)=O)N2Cc3cccc(-c4ccc[nH]4)c3C2)ccc1OC. The fourth-order valence-electron chi connectivity index (χ4n) is 4.29. The summed E-state index contributed by atoms with van der Waals surface area (Å²) in [5.41, 5.74) is 5.60. The first-order valence-corrected chi connectivity index (χ1v) is 12.4. The summed E-state index contributed by atoms with van der Waals surface area (Å²) in [6.07, 6.45) is 3.21. The quantitative estimate of drug-likeness (QED) is 0.569. The van der Waals surface area contributed by atoms with Gasteiger partial charge in [-0.25, -0.2) is 8.42 Å². The third-order valence-corrected chi connectivity index (χ3v) is 6.59. The largest absolute Gasteiger partial charge is 0.493 e. The molecule has 7 heteroatoms. The van der Waals surface area contributed by atoms with Crippen LogP contribution in [0.2, 0.25) is 0 Å². The summed E-state index contributed by atoms with van der Waals surface area (Å²) < 4.78 is 35.8. The van der Waals surface area contributed by atoms with Crippen molar-refractivity contribution < 1.29 is 17.9 Å². The molecule has 3 aromatic rings. The van der Waals surface area contributed by atoms with Gasteiger partial charge in [0.2, 0.25) is 0 Å². The van der Waals surface area contributed by atoms with Gasteiger partial charge in [-0.2, -0.15) is 0 Å². The molecular weight excluding hydrogens is 412 g/mol. The lowest BCUT2D eigenvalue weighted by Crippen LogP contribution is -2.29. The number of benzene rings is 2. The smallest absolute Gasteiger partial charge is 0.161 e. The van der Waals surface area contributed by atoms with Crippen molar-refractivity contribution in [2.45, 2.75) is 26.1 Å². The van der Waals surface area contributed by atoms with Crippen molar-refractivity contribution in [3.8, 4) is 22.8 Å². The van der Waals surface area contributed by atoms with Crippen LogP contribution < -0.4 is 9.47 Å². The van der Waals surface area contributed by atoms with E-state index in [4.69, 9.17) is 9.47 Å². The highest BCUT2D eigenvalue weighted by Gasteiger charge is 2.31. The lowest BCUT2D eigenvalue weighted by molar-refractivity contribution is 0.216. The number of rotatable bonds is 8. The Morgan fingerprint density at radius 1 is 1.10 bits per heavy atom. The number of methoxy groups -OCH3 is 1. The van der Waals surface area contributed by atoms with E-state index in [0.29, 0.717) is 31.2 Å². The molecule has 31 heavy (non-hydrogen) atoms. The average molecular weight is 441 g/mol. The van der Waals surface area contributed by atoms with E-state index in [1.54, 1.807) is 7.11 Å². The molecule has 1 aromatic heterocycles. The second kappa shape index (κ2) is 8.77. The third-order valence-electron chi connectivity index (χ3n) is 5.67. The Hall–Kier alpha value is -2.77. The van der Waals surface area contributed by atoms with Crippen LogP contribution in [0.15, 0.2) is 54.7 Å². The van der Waals surface area contributed by atoms with Crippen molar-refractivity contribution in [3.63, 3.8) is 0 Å². The molecule has 0 spiro atoms. The average Bonchev–Trinajstić information content (AvgIpc) is 3.41. The Bertz CT molecular complexity index is 1160. The van der Waals surface area contributed by atoms with E-state index in [1.807, 2.05) is 37.4 Å². The lowest BCUT2D eigenvalue weighted by atomic mass is 10.0. The van der Waals surface area contributed by atoms with Gasteiger partial charge in [0.1, 0.15) is 9.84 Å². The number of hydrogen-bond donors (Lipinski definition) is 1. The summed E-state index contributed by atoms with van der Waals surface area (Å²) in [5.74, 6) is 1.31. The van der Waals surface area contributed by atoms with Crippen LogP contribution in [-0.4, -0.2) is 44.0 Å². The predicted molar refractivity (Wildman–Crippen MR) is 122 cm³/mol. The summed E-state index contributed by atoms with van der Waals surface area (Å²) >= 11 is 0. The van der Waals surface area contributed by atoms with Gasteiger partial charge < -0.3 is 14.5 Å². The number of ether oxygens (including phenoxy) is 2. The van der Waals surface area contributed by atoms with Crippen LogP contribution >= 0.6 is 0 Å². The highest BCUT2D eigenvalue weighted by molar-refractivity contribution is 7.90. The van der Waals surface area contributed by atoms with E-state index in [2.05, 4.69) is 34.1 Å². The Kier molecular flexibility index (Phi) is 6.07. The Morgan fingerprint density at radius 2 is 1.94 bits per heavy atom. The first kappa shape index (κ1) is 21.5. The van der Waals surface area contributed by atoms with Crippen LogP contribution in [0, 0.1) is 0 Å². The van der Waals surface area contributed by atoms with Gasteiger partial charge in [-0.3, -0.25) is 4.90 Å². The van der Waals surface area contributed by atoms with Gasteiger partial charge in [-0.05, 0) is 47.9 Å². The summed E-state index contributed by atoms with van der Waals surface area (Å²) in [7, 11) is -1.61. The van der Waals surface area contributed by atoms with Crippen LogP contribution in [0.25, 0.3) is 11.3 Å². The maximum Gasteiger partial charge on any atom is 0.161 e. The van der Waals surface area contributed by atoms with Crippen LogP contribution in [0.3, 0.4) is 0 Å². The number of sulfone groups is 1. The van der Waals surface area contributed by atoms with Crippen molar-refractivity contribution in [1.29, 1.82) is 0 Å². The maximum absolute atomic E-state index is 12.3. The normalized spacial score (nSPS) is 14.9. The fourth-order valence-corrected chi connectivity index (χ4v) is 5.26. The summed E-state index contributed by atoms with van der Waals surface area (Å²) in [4.78, 5) is 5.52. The second-order valence-corrected chi connectivity index (χ2v) is 10.1. The van der Waals surface area contributed by atoms with Crippen LogP contribution in [0.1, 0.15) is 29.7 Å². The van der Waals surface area contributed by atoms with Gasteiger partial charge in [0.15, 0.2) is 11.5 Å². The molecule has 4 rings (SSSR count). The highest BCUT2D eigenvalue weighted by Crippen LogP contribution is 2.39. The zero-order valence-electron chi connectivity index (χ0n) is 18.1. The molecule has 1 unspecified atom stereocenters. The van der Waals surface area contributed by atoms with E-state index in [9.17, 15) is 8.42 Å². The second-order valence-electron chi connectivity index (χ2n) is 7.88. The van der Waals surface area contributed by atoms with Crippen molar-refractivity contribution in [2.24, 2.45) is 0 Å². The molecule has 1 N–H and O–H groups in total. The number of aromatic amines is 1. The topological polar surface area (TPSA) is 71.6 Å². The summed E-state index contributed by atoms with van der Waals surface area (Å²) in [5, 5.41) is 0. The first-order valence-electron chi connectivity index (χ1n) is 10.4. The van der Waals surface area contributed by atoms with E-state index in [0.717, 1.165) is 16.8 Å². The minimum absolute atomic E-state index is 0.0384. The van der Waals surface area contributed by atoms with Gasteiger partial charge in [0.05, 0.1) is 19.5 Å². The molecule has 0 bridgehead atoms. The van der Waals surface area contributed by atoms with Gasteiger partial charge in [-0.15, -0.1) is 0 Å². The lowest BCUT2D eigenvalue weighted by Gasteiger charge is -2.28. The number of fused-ring (bicyclic) bond motifs is 1. The molecule has 0 amide bonds. The van der Waals surface area contributed by atoms with E-state index >= 15 is 0 Å². The number of nitrogens with one attached hydrogen (secondary N) is 1. The minimum atomic E-state index is -3.21. The molecule has 1 atom stereocenters. The predicted octanol–water partition coefficient (Wildman–Crippen LogP) is 4.19. The molecule has 2 aromatic carbocycles. The highest BCUT2D eigenvalue weighted by atomic mass is 32.2. The van der Waals surface area contributed by atoms with Crippen LogP contribution in [0.4, 0.5) is 0 Å². The molecule has 1 aliphatic heterocycles. The zero-order chi connectivity index (χ0) is 22.0. The van der Waals surface area contributed by atoms with Crippen LogP contribution in [0.5, 0.6) is 11.5 Å².